The van der Waals surface area contributed by atoms with Gasteiger partial charge in [0.1, 0.15) is 18.0 Å². The summed E-state index contributed by atoms with van der Waals surface area (Å²) < 4.78 is 28.5. The fourth-order valence-corrected chi connectivity index (χ4v) is 5.24. The van der Waals surface area contributed by atoms with Crippen molar-refractivity contribution in [2.45, 2.75) is 19.8 Å². The molecular weight excluding hydrogens is 448 g/mol. The maximum atomic E-state index is 13.6. The Morgan fingerprint density at radius 3 is 2.46 bits per heavy atom. The molecule has 0 amide bonds. The van der Waals surface area contributed by atoms with E-state index < -0.39 is 11.6 Å². The van der Waals surface area contributed by atoms with Gasteiger partial charge in [-0.05, 0) is 75.2 Å². The first-order chi connectivity index (χ1) is 16.9. The molecule has 3 heterocycles. The van der Waals surface area contributed by atoms with Crippen molar-refractivity contribution >= 4 is 17.3 Å². The van der Waals surface area contributed by atoms with Gasteiger partial charge in [0.25, 0.3) is 0 Å². The van der Waals surface area contributed by atoms with Gasteiger partial charge in [-0.2, -0.15) is 4.98 Å². The van der Waals surface area contributed by atoms with E-state index in [1.54, 1.807) is 0 Å². The number of nitrogens with one attached hydrogen (secondary N) is 1. The minimum atomic E-state index is -0.653. The maximum absolute atomic E-state index is 13.6. The average Bonchev–Trinajstić information content (AvgIpc) is 3.27. The van der Waals surface area contributed by atoms with Crippen molar-refractivity contribution in [1.29, 1.82) is 0 Å². The number of piperazine rings is 1. The number of likely N-dealkylation sites (tertiary alicyclic amines) is 1. The number of halogens is 2. The summed E-state index contributed by atoms with van der Waals surface area (Å²) in [5.41, 5.74) is 3.49. The molecule has 0 bridgehead atoms. The van der Waals surface area contributed by atoms with Crippen LogP contribution >= 0.6 is 0 Å². The molecule has 2 aliphatic rings. The van der Waals surface area contributed by atoms with Crippen molar-refractivity contribution in [3.8, 4) is 5.69 Å². The zero-order valence-electron chi connectivity index (χ0n) is 20.4. The number of aromatic nitrogens is 3. The van der Waals surface area contributed by atoms with Crippen molar-refractivity contribution < 1.29 is 8.78 Å². The van der Waals surface area contributed by atoms with E-state index in [1.165, 1.54) is 61.3 Å². The van der Waals surface area contributed by atoms with Crippen molar-refractivity contribution in [3.63, 3.8) is 0 Å². The van der Waals surface area contributed by atoms with Gasteiger partial charge in [0.2, 0.25) is 5.95 Å². The summed E-state index contributed by atoms with van der Waals surface area (Å²) in [5, 5.41) is 7.58. The summed E-state index contributed by atoms with van der Waals surface area (Å²) in [4.78, 5) is 11.8. The van der Waals surface area contributed by atoms with Crippen LogP contribution in [0.2, 0.25) is 0 Å². The number of benzene rings is 2. The van der Waals surface area contributed by atoms with Gasteiger partial charge in [0.15, 0.2) is 0 Å². The lowest BCUT2D eigenvalue weighted by molar-refractivity contribution is 0.147. The van der Waals surface area contributed by atoms with Gasteiger partial charge < -0.3 is 15.1 Å². The molecule has 0 spiro atoms. The Balaban J connectivity index is 1.22. The van der Waals surface area contributed by atoms with E-state index in [1.807, 2.05) is 6.07 Å². The quantitative estimate of drug-likeness (QED) is 0.573. The number of hydrogen-bond donors (Lipinski definition) is 1. The molecule has 5 rings (SSSR count). The van der Waals surface area contributed by atoms with Crippen molar-refractivity contribution in [2.75, 3.05) is 63.1 Å². The summed E-state index contributed by atoms with van der Waals surface area (Å²) in [7, 11) is 2.23. The predicted molar refractivity (Wildman–Crippen MR) is 135 cm³/mol. The molecule has 1 N–H and O–H groups in total. The molecule has 1 atom stereocenters. The normalized spacial score (nSPS) is 19.8. The molecule has 2 aliphatic heterocycles. The zero-order chi connectivity index (χ0) is 24.4. The molecule has 1 aromatic heterocycles. The molecular formula is C26H33F2N7. The number of nitrogens with zero attached hydrogens (tertiary/aromatic N) is 6. The molecule has 0 radical (unpaired) electrons. The predicted octanol–water partition coefficient (Wildman–Crippen LogP) is 4.06. The Bertz CT molecular complexity index is 1140. The fourth-order valence-electron chi connectivity index (χ4n) is 5.24. The third kappa shape index (κ3) is 5.97. The summed E-state index contributed by atoms with van der Waals surface area (Å²) in [6.07, 6.45) is 4.10. The van der Waals surface area contributed by atoms with Crippen LogP contribution < -0.4 is 10.2 Å². The molecule has 0 saturated carbocycles. The number of anilines is 3. The van der Waals surface area contributed by atoms with Crippen LogP contribution in [0.1, 0.15) is 18.4 Å². The average molecular weight is 482 g/mol. The third-order valence-corrected chi connectivity index (χ3v) is 6.90. The van der Waals surface area contributed by atoms with E-state index in [0.29, 0.717) is 5.95 Å². The van der Waals surface area contributed by atoms with E-state index >= 15 is 0 Å². The van der Waals surface area contributed by atoms with Gasteiger partial charge in [-0.1, -0.05) is 0 Å². The summed E-state index contributed by atoms with van der Waals surface area (Å²) in [6.45, 7) is 9.87. The Hall–Kier alpha value is -3.04. The van der Waals surface area contributed by atoms with Gasteiger partial charge in [0.05, 0.1) is 5.69 Å². The van der Waals surface area contributed by atoms with Crippen molar-refractivity contribution in [3.05, 3.63) is 59.9 Å². The lowest BCUT2D eigenvalue weighted by Crippen LogP contribution is -2.49. The lowest BCUT2D eigenvalue weighted by Gasteiger charge is -2.39. The fraction of sp³-hybridized carbons (Fsp3) is 0.462. The molecule has 0 aliphatic carbocycles. The van der Waals surface area contributed by atoms with E-state index in [2.05, 4.69) is 56.2 Å². The van der Waals surface area contributed by atoms with E-state index in [4.69, 9.17) is 0 Å². The highest BCUT2D eigenvalue weighted by atomic mass is 19.1. The molecule has 2 saturated heterocycles. The van der Waals surface area contributed by atoms with Crippen molar-refractivity contribution in [2.24, 2.45) is 5.92 Å². The minimum Gasteiger partial charge on any atom is -0.369 e. The minimum absolute atomic E-state index is 0.283. The first-order valence-corrected chi connectivity index (χ1v) is 12.3. The van der Waals surface area contributed by atoms with E-state index in [9.17, 15) is 8.78 Å². The van der Waals surface area contributed by atoms with E-state index in [0.717, 1.165) is 49.4 Å². The van der Waals surface area contributed by atoms with Gasteiger partial charge in [-0.25, -0.2) is 13.5 Å². The van der Waals surface area contributed by atoms with Crippen LogP contribution in [0.5, 0.6) is 0 Å². The molecule has 9 heteroatoms. The maximum Gasteiger partial charge on any atom is 0.246 e. The first-order valence-electron chi connectivity index (χ1n) is 12.3. The van der Waals surface area contributed by atoms with Crippen LogP contribution in [0.15, 0.2) is 42.7 Å². The number of hydrogen-bond acceptors (Lipinski definition) is 6. The van der Waals surface area contributed by atoms with Gasteiger partial charge in [0, 0.05) is 56.7 Å². The first kappa shape index (κ1) is 23.7. The Morgan fingerprint density at radius 1 is 0.943 bits per heavy atom. The SMILES string of the molecule is Cc1cc(Nc2ncn(-c3cc(F)cc(F)c3)n2)cc(N2CCN(CC3CCCN(C)C3)CC2)c1. The van der Waals surface area contributed by atoms with Crippen LogP contribution in [0.3, 0.4) is 0 Å². The van der Waals surface area contributed by atoms with Crippen LogP contribution in [0.25, 0.3) is 5.69 Å². The number of aryl methyl sites for hydroxylation is 1. The second-order valence-corrected chi connectivity index (χ2v) is 9.88. The molecule has 1 unspecified atom stereocenters. The van der Waals surface area contributed by atoms with Gasteiger partial charge >= 0.3 is 0 Å². The molecule has 2 fully saturated rings. The summed E-state index contributed by atoms with van der Waals surface area (Å²) >= 11 is 0. The monoisotopic (exact) mass is 481 g/mol. The van der Waals surface area contributed by atoms with E-state index in [-0.39, 0.29) is 5.69 Å². The molecule has 186 valence electrons. The van der Waals surface area contributed by atoms with Crippen LogP contribution in [-0.2, 0) is 0 Å². The number of piperidine rings is 1. The topological polar surface area (TPSA) is 52.5 Å². The Labute approximate surface area is 205 Å². The third-order valence-electron chi connectivity index (χ3n) is 6.90. The smallest absolute Gasteiger partial charge is 0.246 e. The number of rotatable bonds is 6. The summed E-state index contributed by atoms with van der Waals surface area (Å²) in [6, 6.07) is 9.64. The molecule has 3 aromatic rings. The molecule has 35 heavy (non-hydrogen) atoms. The van der Waals surface area contributed by atoms with Crippen LogP contribution in [-0.4, -0.2) is 77.4 Å². The zero-order valence-corrected chi connectivity index (χ0v) is 20.4. The molecule has 2 aromatic carbocycles. The standard InChI is InChI=1S/C26H33F2N7/c1-19-10-23(30-26-29-18-35(31-26)25-13-21(27)12-22(28)14-25)15-24(11-19)34-8-6-33(7-9-34)17-20-4-3-5-32(2)16-20/h10-15,18,20H,3-9,16-17H2,1-2H3,(H,30,31). The lowest BCUT2D eigenvalue weighted by atomic mass is 9.97. The Morgan fingerprint density at radius 2 is 1.71 bits per heavy atom. The molecule has 7 nitrogen and oxygen atoms in total. The second-order valence-electron chi connectivity index (χ2n) is 9.88. The van der Waals surface area contributed by atoms with Crippen molar-refractivity contribution in [1.82, 2.24) is 24.6 Å². The highest BCUT2D eigenvalue weighted by molar-refractivity contribution is 5.64. The second kappa shape index (κ2) is 10.3. The van der Waals surface area contributed by atoms with Crippen LogP contribution in [0.4, 0.5) is 26.1 Å². The van der Waals surface area contributed by atoms with Gasteiger partial charge in [-0.3, -0.25) is 4.90 Å². The Kier molecular flexibility index (Phi) is 6.97. The highest BCUT2D eigenvalue weighted by Crippen LogP contribution is 2.26. The largest absolute Gasteiger partial charge is 0.369 e. The van der Waals surface area contributed by atoms with Gasteiger partial charge in [-0.15, -0.1) is 5.10 Å². The van der Waals surface area contributed by atoms with Crippen LogP contribution in [0, 0.1) is 24.5 Å². The highest BCUT2D eigenvalue weighted by Gasteiger charge is 2.23. The summed E-state index contributed by atoms with van der Waals surface area (Å²) in [5.74, 6) is -0.154.